The quantitative estimate of drug-likeness (QED) is 0.496. The number of benzene rings is 1. The molecule has 0 saturated carbocycles. The largest absolute Gasteiger partial charge is 0.339 e. The van der Waals surface area contributed by atoms with Crippen molar-refractivity contribution in [3.8, 4) is 0 Å². The molecular formula is C15H13N3. The fourth-order valence-electron chi connectivity index (χ4n) is 2.55. The van der Waals surface area contributed by atoms with E-state index >= 15 is 0 Å². The molecule has 0 unspecified atom stereocenters. The first-order chi connectivity index (χ1) is 8.72. The molecular weight excluding hydrogens is 222 g/mol. The minimum absolute atomic E-state index is 0.999. The van der Waals surface area contributed by atoms with E-state index in [1.54, 1.807) is 0 Å². The number of nitrogens with zero attached hydrogens (tertiary/aromatic N) is 2. The van der Waals surface area contributed by atoms with E-state index in [0.29, 0.717) is 0 Å². The van der Waals surface area contributed by atoms with Crippen molar-refractivity contribution in [1.29, 1.82) is 0 Å². The molecule has 3 aromatic heterocycles. The molecule has 0 atom stereocenters. The molecule has 3 heteroatoms. The van der Waals surface area contributed by atoms with Gasteiger partial charge in [0.15, 0.2) is 0 Å². The van der Waals surface area contributed by atoms with Crippen molar-refractivity contribution in [1.82, 2.24) is 14.4 Å². The zero-order valence-corrected chi connectivity index (χ0v) is 10.4. The first-order valence-corrected chi connectivity index (χ1v) is 6.09. The Hall–Kier alpha value is -2.29. The SMILES string of the molecule is Cc1ccc2c(c1)[nH]c1c2nc2cc(C)ccn21. The van der Waals surface area contributed by atoms with Gasteiger partial charge in [-0.05, 0) is 43.2 Å². The lowest BCUT2D eigenvalue weighted by Crippen LogP contribution is -1.85. The summed E-state index contributed by atoms with van der Waals surface area (Å²) in [6.45, 7) is 4.19. The summed E-state index contributed by atoms with van der Waals surface area (Å²) in [7, 11) is 0. The molecule has 0 saturated heterocycles. The fraction of sp³-hybridized carbons (Fsp3) is 0.133. The van der Waals surface area contributed by atoms with Gasteiger partial charge >= 0.3 is 0 Å². The number of fused-ring (bicyclic) bond motifs is 5. The smallest absolute Gasteiger partial charge is 0.143 e. The summed E-state index contributed by atoms with van der Waals surface area (Å²) in [5.74, 6) is 0. The van der Waals surface area contributed by atoms with Gasteiger partial charge < -0.3 is 4.98 Å². The van der Waals surface area contributed by atoms with Crippen LogP contribution in [0.1, 0.15) is 11.1 Å². The van der Waals surface area contributed by atoms with Crippen LogP contribution in [0.15, 0.2) is 36.5 Å². The Morgan fingerprint density at radius 1 is 1.06 bits per heavy atom. The average Bonchev–Trinajstić information content (AvgIpc) is 2.83. The highest BCUT2D eigenvalue weighted by molar-refractivity contribution is 6.05. The van der Waals surface area contributed by atoms with Crippen LogP contribution in [0.4, 0.5) is 0 Å². The van der Waals surface area contributed by atoms with Gasteiger partial charge in [0.1, 0.15) is 16.8 Å². The van der Waals surface area contributed by atoms with Crippen molar-refractivity contribution in [2.45, 2.75) is 13.8 Å². The molecule has 3 heterocycles. The predicted molar refractivity (Wildman–Crippen MR) is 74.0 cm³/mol. The number of aromatic amines is 1. The number of hydrogen-bond donors (Lipinski definition) is 1. The van der Waals surface area contributed by atoms with Crippen LogP contribution >= 0.6 is 0 Å². The van der Waals surface area contributed by atoms with Crippen molar-refractivity contribution < 1.29 is 0 Å². The molecule has 0 aliphatic heterocycles. The van der Waals surface area contributed by atoms with Gasteiger partial charge in [0.2, 0.25) is 0 Å². The van der Waals surface area contributed by atoms with Gasteiger partial charge in [0, 0.05) is 17.1 Å². The van der Waals surface area contributed by atoms with Crippen LogP contribution in [0.5, 0.6) is 0 Å². The summed E-state index contributed by atoms with van der Waals surface area (Å²) in [6.07, 6.45) is 2.07. The van der Waals surface area contributed by atoms with E-state index in [1.165, 1.54) is 16.5 Å². The van der Waals surface area contributed by atoms with E-state index < -0.39 is 0 Å². The first kappa shape index (κ1) is 9.71. The molecule has 0 spiro atoms. The highest BCUT2D eigenvalue weighted by atomic mass is 15.1. The summed E-state index contributed by atoms with van der Waals surface area (Å²) in [5.41, 5.74) is 6.77. The zero-order valence-electron chi connectivity index (χ0n) is 10.4. The van der Waals surface area contributed by atoms with E-state index in [-0.39, 0.29) is 0 Å². The topological polar surface area (TPSA) is 33.1 Å². The van der Waals surface area contributed by atoms with Crippen LogP contribution in [0.3, 0.4) is 0 Å². The molecule has 0 aliphatic rings. The zero-order chi connectivity index (χ0) is 12.3. The number of hydrogen-bond acceptors (Lipinski definition) is 1. The van der Waals surface area contributed by atoms with Crippen LogP contribution in [0, 0.1) is 13.8 Å². The third-order valence-corrected chi connectivity index (χ3v) is 3.46. The van der Waals surface area contributed by atoms with Crippen molar-refractivity contribution in [3.63, 3.8) is 0 Å². The van der Waals surface area contributed by atoms with Gasteiger partial charge in [-0.3, -0.25) is 4.40 Å². The monoisotopic (exact) mass is 235 g/mol. The third kappa shape index (κ3) is 1.16. The van der Waals surface area contributed by atoms with E-state index in [2.05, 4.69) is 59.8 Å². The minimum atomic E-state index is 0.999. The lowest BCUT2D eigenvalue weighted by atomic mass is 10.2. The molecule has 0 aliphatic carbocycles. The van der Waals surface area contributed by atoms with Crippen LogP contribution in [0.25, 0.3) is 27.7 Å². The minimum Gasteiger partial charge on any atom is -0.339 e. The number of rotatable bonds is 0. The van der Waals surface area contributed by atoms with Crippen molar-refractivity contribution >= 4 is 27.7 Å². The molecule has 0 fully saturated rings. The number of pyridine rings is 1. The number of aryl methyl sites for hydroxylation is 2. The van der Waals surface area contributed by atoms with Gasteiger partial charge in [-0.2, -0.15) is 0 Å². The van der Waals surface area contributed by atoms with Crippen LogP contribution < -0.4 is 0 Å². The van der Waals surface area contributed by atoms with E-state index in [1.807, 2.05) is 0 Å². The lowest BCUT2D eigenvalue weighted by Gasteiger charge is -1.96. The molecule has 0 radical (unpaired) electrons. The molecule has 1 aromatic carbocycles. The number of H-pyrrole nitrogens is 1. The first-order valence-electron chi connectivity index (χ1n) is 6.09. The summed E-state index contributed by atoms with van der Waals surface area (Å²) in [4.78, 5) is 8.19. The van der Waals surface area contributed by atoms with Gasteiger partial charge in [0.05, 0.1) is 0 Å². The van der Waals surface area contributed by atoms with Crippen LogP contribution in [0.2, 0.25) is 0 Å². The molecule has 3 nitrogen and oxygen atoms in total. The van der Waals surface area contributed by atoms with Gasteiger partial charge in [-0.25, -0.2) is 4.98 Å². The highest BCUT2D eigenvalue weighted by Crippen LogP contribution is 2.26. The Morgan fingerprint density at radius 3 is 2.78 bits per heavy atom. The van der Waals surface area contributed by atoms with Crippen molar-refractivity contribution in [2.75, 3.05) is 0 Å². The predicted octanol–water partition coefficient (Wildman–Crippen LogP) is 3.59. The maximum Gasteiger partial charge on any atom is 0.143 e. The molecule has 0 bridgehead atoms. The summed E-state index contributed by atoms with van der Waals surface area (Å²) in [6, 6.07) is 10.6. The number of imidazole rings is 1. The Bertz CT molecular complexity index is 820. The van der Waals surface area contributed by atoms with Crippen molar-refractivity contribution in [2.24, 2.45) is 0 Å². The number of nitrogens with one attached hydrogen (secondary N) is 1. The normalized spacial score (nSPS) is 11.9. The van der Waals surface area contributed by atoms with Crippen LogP contribution in [-0.2, 0) is 0 Å². The Labute approximate surface area is 104 Å². The lowest BCUT2D eigenvalue weighted by molar-refractivity contribution is 1.18. The molecule has 0 amide bonds. The van der Waals surface area contributed by atoms with Gasteiger partial charge in [0.25, 0.3) is 0 Å². The van der Waals surface area contributed by atoms with Gasteiger partial charge in [-0.15, -0.1) is 0 Å². The second-order valence-corrected chi connectivity index (χ2v) is 4.92. The standard InChI is InChI=1S/C15H13N3/c1-9-3-4-11-12(7-9)16-15-14(11)17-13-8-10(2)5-6-18(13)15/h3-8,16H,1-2H3. The Balaban J connectivity index is 2.23. The summed E-state index contributed by atoms with van der Waals surface area (Å²) < 4.78 is 2.11. The van der Waals surface area contributed by atoms with E-state index in [4.69, 9.17) is 4.98 Å². The highest BCUT2D eigenvalue weighted by Gasteiger charge is 2.10. The molecule has 18 heavy (non-hydrogen) atoms. The second kappa shape index (κ2) is 3.13. The van der Waals surface area contributed by atoms with Crippen LogP contribution in [-0.4, -0.2) is 14.4 Å². The van der Waals surface area contributed by atoms with E-state index in [9.17, 15) is 0 Å². The summed E-state index contributed by atoms with van der Waals surface area (Å²) in [5, 5.41) is 1.19. The molecule has 1 N–H and O–H groups in total. The molecule has 4 rings (SSSR count). The van der Waals surface area contributed by atoms with E-state index in [0.717, 1.165) is 22.3 Å². The fourth-order valence-corrected chi connectivity index (χ4v) is 2.55. The van der Waals surface area contributed by atoms with Crippen molar-refractivity contribution in [3.05, 3.63) is 47.7 Å². The molecule has 4 aromatic rings. The second-order valence-electron chi connectivity index (χ2n) is 4.92. The maximum atomic E-state index is 4.73. The number of aromatic nitrogens is 3. The maximum absolute atomic E-state index is 4.73. The Morgan fingerprint density at radius 2 is 1.89 bits per heavy atom. The summed E-state index contributed by atoms with van der Waals surface area (Å²) >= 11 is 0. The third-order valence-electron chi connectivity index (χ3n) is 3.46. The van der Waals surface area contributed by atoms with Gasteiger partial charge in [-0.1, -0.05) is 12.1 Å². The average molecular weight is 235 g/mol. The Kier molecular flexibility index (Phi) is 1.69. The molecule has 88 valence electrons.